The standard InChI is InChI=1S/C24H27FN4O4S2/c1-3-29-19(13-33-17-11-7-6-10-16(17)25)27-28-24(29)34-14-20(30)26-22-21(23(31)32-4-2)15-9-5-8-12-18(15)35-22/h6-7,10-11H,3-5,8-9,12-14H2,1-2H3,(H,26,30). The van der Waals surface area contributed by atoms with Gasteiger partial charge in [-0.1, -0.05) is 23.9 Å². The summed E-state index contributed by atoms with van der Waals surface area (Å²) in [4.78, 5) is 26.5. The molecule has 0 saturated carbocycles. The quantitative estimate of drug-likeness (QED) is 0.302. The fourth-order valence-electron chi connectivity index (χ4n) is 3.92. The van der Waals surface area contributed by atoms with Gasteiger partial charge in [-0.3, -0.25) is 4.79 Å². The predicted molar refractivity (Wildman–Crippen MR) is 133 cm³/mol. The maximum atomic E-state index is 13.8. The van der Waals surface area contributed by atoms with Crippen molar-refractivity contribution in [2.75, 3.05) is 17.7 Å². The third-order valence-corrected chi connectivity index (χ3v) is 7.71. The number of hydrogen-bond acceptors (Lipinski definition) is 8. The Kier molecular flexibility index (Phi) is 8.40. The van der Waals surface area contributed by atoms with Crippen molar-refractivity contribution >= 4 is 40.0 Å². The van der Waals surface area contributed by atoms with Crippen LogP contribution in [-0.4, -0.2) is 39.0 Å². The molecular formula is C24H27FN4O4S2. The van der Waals surface area contributed by atoms with Gasteiger partial charge in [0, 0.05) is 11.4 Å². The first-order valence-corrected chi connectivity index (χ1v) is 13.4. The van der Waals surface area contributed by atoms with E-state index in [1.165, 1.54) is 29.2 Å². The van der Waals surface area contributed by atoms with E-state index in [0.717, 1.165) is 36.1 Å². The summed E-state index contributed by atoms with van der Waals surface area (Å²) in [5, 5.41) is 12.3. The number of aryl methyl sites for hydroxylation is 1. The number of amides is 1. The summed E-state index contributed by atoms with van der Waals surface area (Å²) < 4.78 is 26.4. The van der Waals surface area contributed by atoms with Gasteiger partial charge in [-0.05, 0) is 57.2 Å². The number of nitrogens with zero attached hydrogens (tertiary/aromatic N) is 3. The van der Waals surface area contributed by atoms with Gasteiger partial charge in [0.2, 0.25) is 5.91 Å². The van der Waals surface area contributed by atoms with Crippen molar-refractivity contribution < 1.29 is 23.5 Å². The molecule has 0 unspecified atom stereocenters. The summed E-state index contributed by atoms with van der Waals surface area (Å²) in [7, 11) is 0. The third kappa shape index (κ3) is 5.84. The van der Waals surface area contributed by atoms with Gasteiger partial charge in [0.25, 0.3) is 0 Å². The van der Waals surface area contributed by atoms with Gasteiger partial charge in [0.15, 0.2) is 22.5 Å². The van der Waals surface area contributed by atoms with Crippen LogP contribution in [0.4, 0.5) is 9.39 Å². The van der Waals surface area contributed by atoms with Gasteiger partial charge in [-0.15, -0.1) is 21.5 Å². The van der Waals surface area contributed by atoms with Crippen LogP contribution in [-0.2, 0) is 35.5 Å². The number of halogens is 1. The lowest BCUT2D eigenvalue weighted by atomic mass is 9.95. The number of carbonyl (C=O) groups is 2. The molecule has 0 atom stereocenters. The minimum Gasteiger partial charge on any atom is -0.483 e. The van der Waals surface area contributed by atoms with E-state index in [9.17, 15) is 14.0 Å². The summed E-state index contributed by atoms with van der Waals surface area (Å²) >= 11 is 2.70. The second-order valence-electron chi connectivity index (χ2n) is 7.83. The van der Waals surface area contributed by atoms with Crippen LogP contribution < -0.4 is 10.1 Å². The van der Waals surface area contributed by atoms with Crippen LogP contribution >= 0.6 is 23.1 Å². The topological polar surface area (TPSA) is 95.3 Å². The summed E-state index contributed by atoms with van der Waals surface area (Å²) in [6.07, 6.45) is 3.83. The molecule has 2 aromatic heterocycles. The van der Waals surface area contributed by atoms with E-state index in [4.69, 9.17) is 9.47 Å². The first-order chi connectivity index (χ1) is 17.0. The zero-order valence-electron chi connectivity index (χ0n) is 19.6. The number of benzene rings is 1. The Balaban J connectivity index is 1.41. The van der Waals surface area contributed by atoms with Crippen molar-refractivity contribution in [3.8, 4) is 5.75 Å². The van der Waals surface area contributed by atoms with Crippen LogP contribution in [0.5, 0.6) is 5.75 Å². The monoisotopic (exact) mass is 518 g/mol. The van der Waals surface area contributed by atoms with Gasteiger partial charge in [-0.2, -0.15) is 0 Å². The van der Waals surface area contributed by atoms with Crippen molar-refractivity contribution in [1.29, 1.82) is 0 Å². The smallest absolute Gasteiger partial charge is 0.341 e. The van der Waals surface area contributed by atoms with E-state index in [0.29, 0.717) is 28.1 Å². The average molecular weight is 519 g/mol. The second kappa shape index (κ2) is 11.7. The molecule has 2 heterocycles. The summed E-state index contributed by atoms with van der Waals surface area (Å²) in [6, 6.07) is 6.17. The Labute approximate surface area is 211 Å². The lowest BCUT2D eigenvalue weighted by Gasteiger charge is -2.12. The third-order valence-electron chi connectivity index (χ3n) is 5.54. The Bertz CT molecular complexity index is 1210. The highest BCUT2D eigenvalue weighted by molar-refractivity contribution is 7.99. The fourth-order valence-corrected chi connectivity index (χ4v) is 6.04. The van der Waals surface area contributed by atoms with E-state index in [-0.39, 0.29) is 36.6 Å². The first-order valence-electron chi connectivity index (χ1n) is 11.6. The van der Waals surface area contributed by atoms with E-state index in [2.05, 4.69) is 15.5 Å². The highest BCUT2D eigenvalue weighted by atomic mass is 32.2. The zero-order chi connectivity index (χ0) is 24.8. The van der Waals surface area contributed by atoms with Crippen LogP contribution in [0.25, 0.3) is 0 Å². The Morgan fingerprint density at radius 3 is 2.77 bits per heavy atom. The number of ether oxygens (including phenoxy) is 2. The van der Waals surface area contributed by atoms with Gasteiger partial charge in [0.1, 0.15) is 11.6 Å². The molecule has 1 N–H and O–H groups in total. The molecule has 11 heteroatoms. The van der Waals surface area contributed by atoms with Crippen molar-refractivity contribution in [3.63, 3.8) is 0 Å². The molecule has 3 aromatic rings. The maximum absolute atomic E-state index is 13.8. The molecule has 0 aliphatic heterocycles. The number of fused-ring (bicyclic) bond motifs is 1. The number of rotatable bonds is 10. The molecule has 0 radical (unpaired) electrons. The number of anilines is 1. The molecule has 1 aromatic carbocycles. The SMILES string of the molecule is CCOC(=O)c1c(NC(=O)CSc2nnc(COc3ccccc3F)n2CC)sc2c1CCCC2. The number of thioether (sulfide) groups is 1. The largest absolute Gasteiger partial charge is 0.483 e. The highest BCUT2D eigenvalue weighted by Gasteiger charge is 2.27. The maximum Gasteiger partial charge on any atom is 0.341 e. The molecule has 0 saturated heterocycles. The van der Waals surface area contributed by atoms with Crippen LogP contribution in [0.1, 0.15) is 53.3 Å². The van der Waals surface area contributed by atoms with Crippen molar-refractivity contribution in [2.24, 2.45) is 0 Å². The molecule has 8 nitrogen and oxygen atoms in total. The molecule has 0 bridgehead atoms. The molecule has 186 valence electrons. The lowest BCUT2D eigenvalue weighted by molar-refractivity contribution is -0.113. The van der Waals surface area contributed by atoms with E-state index in [1.54, 1.807) is 25.1 Å². The molecule has 35 heavy (non-hydrogen) atoms. The van der Waals surface area contributed by atoms with Crippen molar-refractivity contribution in [3.05, 3.63) is 51.9 Å². The lowest BCUT2D eigenvalue weighted by Crippen LogP contribution is -2.17. The van der Waals surface area contributed by atoms with Crippen molar-refractivity contribution in [1.82, 2.24) is 14.8 Å². The number of esters is 1. The number of carbonyl (C=O) groups excluding carboxylic acids is 2. The minimum absolute atomic E-state index is 0.0537. The summed E-state index contributed by atoms with van der Waals surface area (Å²) in [5.74, 6) is -0.304. The number of para-hydroxylation sites is 1. The average Bonchev–Trinajstić information content (AvgIpc) is 3.42. The summed E-state index contributed by atoms with van der Waals surface area (Å²) in [5.41, 5.74) is 1.50. The van der Waals surface area contributed by atoms with Crippen LogP contribution in [0.2, 0.25) is 0 Å². The van der Waals surface area contributed by atoms with Crippen LogP contribution in [0.3, 0.4) is 0 Å². The van der Waals surface area contributed by atoms with Crippen molar-refractivity contribution in [2.45, 2.75) is 57.8 Å². The minimum atomic E-state index is -0.446. The highest BCUT2D eigenvalue weighted by Crippen LogP contribution is 2.38. The van der Waals surface area contributed by atoms with Crippen LogP contribution in [0, 0.1) is 5.82 Å². The number of hydrogen-bond donors (Lipinski definition) is 1. The number of aromatic nitrogens is 3. The van der Waals surface area contributed by atoms with Gasteiger partial charge in [0.05, 0.1) is 17.9 Å². The first kappa shape index (κ1) is 25.2. The Morgan fingerprint density at radius 2 is 2.00 bits per heavy atom. The van der Waals surface area contributed by atoms with E-state index < -0.39 is 5.82 Å². The Morgan fingerprint density at radius 1 is 1.20 bits per heavy atom. The molecule has 4 rings (SSSR count). The zero-order valence-corrected chi connectivity index (χ0v) is 21.3. The summed E-state index contributed by atoms with van der Waals surface area (Å²) in [6.45, 7) is 4.60. The fraction of sp³-hybridized carbons (Fsp3) is 0.417. The number of nitrogens with one attached hydrogen (secondary N) is 1. The predicted octanol–water partition coefficient (Wildman–Crippen LogP) is 4.86. The van der Waals surface area contributed by atoms with E-state index >= 15 is 0 Å². The molecular weight excluding hydrogens is 491 g/mol. The molecule has 1 aliphatic rings. The van der Waals surface area contributed by atoms with E-state index in [1.807, 2.05) is 11.5 Å². The van der Waals surface area contributed by atoms with Gasteiger partial charge >= 0.3 is 5.97 Å². The number of thiophene rings is 1. The van der Waals surface area contributed by atoms with Gasteiger partial charge < -0.3 is 19.4 Å². The molecule has 0 spiro atoms. The molecule has 1 amide bonds. The van der Waals surface area contributed by atoms with Gasteiger partial charge in [-0.25, -0.2) is 9.18 Å². The normalized spacial score (nSPS) is 12.8. The second-order valence-corrected chi connectivity index (χ2v) is 9.88. The van der Waals surface area contributed by atoms with Crippen LogP contribution in [0.15, 0.2) is 29.4 Å². The molecule has 0 fully saturated rings. The molecule has 1 aliphatic carbocycles. The Hall–Kier alpha value is -2.92.